The zero-order chi connectivity index (χ0) is 26.9. The number of carbonyl (C=O) groups excluding carboxylic acids is 2. The molecule has 3 aliphatic rings. The minimum Gasteiger partial charge on any atom is -0.384 e. The third kappa shape index (κ3) is 2.44. The van der Waals surface area contributed by atoms with Crippen molar-refractivity contribution >= 4 is 55.4 Å². The summed E-state index contributed by atoms with van der Waals surface area (Å²) in [7, 11) is 0. The van der Waals surface area contributed by atoms with Gasteiger partial charge in [-0.15, -0.1) is 6.58 Å². The summed E-state index contributed by atoms with van der Waals surface area (Å²) >= 11 is 0. The molecule has 0 saturated heterocycles. The van der Waals surface area contributed by atoms with Crippen LogP contribution in [0.3, 0.4) is 0 Å². The van der Waals surface area contributed by atoms with E-state index in [0.29, 0.717) is 17.5 Å². The summed E-state index contributed by atoms with van der Waals surface area (Å²) in [4.78, 5) is 30.1. The Morgan fingerprint density at radius 3 is 1.98 bits per heavy atom. The molecule has 6 heteroatoms. The van der Waals surface area contributed by atoms with Crippen LogP contribution < -0.4 is 0 Å². The molecule has 4 aromatic carbocycles. The molecule has 3 atom stereocenters. The van der Waals surface area contributed by atoms with E-state index in [1.54, 1.807) is 6.08 Å². The van der Waals surface area contributed by atoms with Crippen molar-refractivity contribution in [3.63, 3.8) is 0 Å². The first-order valence-corrected chi connectivity index (χ1v) is 13.8. The van der Waals surface area contributed by atoms with E-state index in [1.165, 1.54) is 4.90 Å². The summed E-state index contributed by atoms with van der Waals surface area (Å²) in [5, 5.41) is 15.5. The maximum atomic E-state index is 14.3. The Labute approximate surface area is 229 Å². The Morgan fingerprint density at radius 1 is 0.800 bits per heavy atom. The van der Waals surface area contributed by atoms with E-state index in [9.17, 15) is 14.7 Å². The highest BCUT2D eigenvalue weighted by Crippen LogP contribution is 2.57. The second-order valence-corrected chi connectivity index (χ2v) is 11.5. The maximum Gasteiger partial charge on any atom is 0.262 e. The van der Waals surface area contributed by atoms with Crippen molar-refractivity contribution in [3.05, 3.63) is 108 Å². The monoisotopic (exact) mass is 523 g/mol. The van der Waals surface area contributed by atoms with Gasteiger partial charge in [0.25, 0.3) is 11.8 Å². The summed E-state index contributed by atoms with van der Waals surface area (Å²) in [6.07, 6.45) is 2.95. The quantitative estimate of drug-likeness (QED) is 0.213. The molecule has 1 fully saturated rings. The molecule has 1 N–H and O–H groups in total. The van der Waals surface area contributed by atoms with Crippen molar-refractivity contribution in [2.75, 3.05) is 0 Å². The van der Waals surface area contributed by atoms with Gasteiger partial charge in [-0.2, -0.15) is 0 Å². The van der Waals surface area contributed by atoms with Crippen molar-refractivity contribution < 1.29 is 14.7 Å². The number of benzene rings is 4. The summed E-state index contributed by atoms with van der Waals surface area (Å²) in [5.41, 5.74) is 4.65. The third-order valence-electron chi connectivity index (χ3n) is 9.56. The fourth-order valence-corrected chi connectivity index (χ4v) is 7.95. The first kappa shape index (κ1) is 22.2. The lowest BCUT2D eigenvalue weighted by molar-refractivity contribution is 0.0571. The Hall–Kier alpha value is -4.68. The van der Waals surface area contributed by atoms with Gasteiger partial charge in [0.1, 0.15) is 5.60 Å². The van der Waals surface area contributed by atoms with Gasteiger partial charge in [0, 0.05) is 45.0 Å². The SMILES string of the molecule is C=C[C@@]1(O)C[C@H]2C[C@@H]1n1c3ccccc3c3c4c(c5c6ccccc6n2c5c31)C(=O)N(Cc1ccccc1)C4=O. The Morgan fingerprint density at radius 2 is 1.35 bits per heavy atom. The molecule has 6 aromatic rings. The molecule has 9 rings (SSSR count). The molecule has 2 aliphatic heterocycles. The van der Waals surface area contributed by atoms with Crippen LogP contribution in [0.25, 0.3) is 43.6 Å². The Kier molecular flexibility index (Phi) is 4.04. The van der Waals surface area contributed by atoms with E-state index in [1.807, 2.05) is 60.7 Å². The van der Waals surface area contributed by atoms with Gasteiger partial charge < -0.3 is 14.2 Å². The lowest BCUT2D eigenvalue weighted by Gasteiger charge is -2.30. The average molecular weight is 524 g/mol. The normalized spacial score (nSPS) is 23.3. The number of aromatic nitrogens is 2. The minimum atomic E-state index is -1.10. The molecular formula is C34H25N3O3. The first-order valence-electron chi connectivity index (χ1n) is 13.8. The number of rotatable bonds is 3. The van der Waals surface area contributed by atoms with Gasteiger partial charge in [-0.1, -0.05) is 72.8 Å². The number of aliphatic hydroxyl groups is 1. The minimum absolute atomic E-state index is 0.0166. The number of amides is 2. The zero-order valence-corrected chi connectivity index (χ0v) is 21.7. The van der Waals surface area contributed by atoms with Crippen LogP contribution in [0.4, 0.5) is 0 Å². The smallest absolute Gasteiger partial charge is 0.262 e. The molecule has 6 nitrogen and oxygen atoms in total. The van der Waals surface area contributed by atoms with Gasteiger partial charge in [-0.05, 0) is 24.1 Å². The molecule has 2 amide bonds. The lowest BCUT2D eigenvalue weighted by atomic mass is 9.95. The molecule has 1 saturated carbocycles. The number of fused-ring (bicyclic) bond motifs is 13. The third-order valence-corrected chi connectivity index (χ3v) is 9.56. The molecule has 40 heavy (non-hydrogen) atoms. The highest BCUT2D eigenvalue weighted by molar-refractivity contribution is 6.39. The number of hydrogen-bond donors (Lipinski definition) is 1. The number of nitrogens with zero attached hydrogens (tertiary/aromatic N) is 3. The van der Waals surface area contributed by atoms with Crippen molar-refractivity contribution in [3.8, 4) is 0 Å². The lowest BCUT2D eigenvalue weighted by Crippen LogP contribution is -2.33. The highest BCUT2D eigenvalue weighted by atomic mass is 16.3. The fraction of sp³-hybridized carbons (Fsp3) is 0.176. The number of imide groups is 1. The maximum absolute atomic E-state index is 14.3. The van der Waals surface area contributed by atoms with Gasteiger partial charge in [-0.3, -0.25) is 14.5 Å². The number of hydrogen-bond acceptors (Lipinski definition) is 3. The largest absolute Gasteiger partial charge is 0.384 e. The van der Waals surface area contributed by atoms with E-state index < -0.39 is 5.60 Å². The van der Waals surface area contributed by atoms with Crippen molar-refractivity contribution in [2.45, 2.75) is 37.1 Å². The van der Waals surface area contributed by atoms with Crippen LogP contribution in [-0.4, -0.2) is 36.6 Å². The van der Waals surface area contributed by atoms with Gasteiger partial charge in [-0.25, -0.2) is 0 Å². The van der Waals surface area contributed by atoms with Crippen LogP contribution in [0.2, 0.25) is 0 Å². The van der Waals surface area contributed by atoms with Crippen molar-refractivity contribution in [1.82, 2.24) is 14.0 Å². The fourth-order valence-electron chi connectivity index (χ4n) is 7.95. The second-order valence-electron chi connectivity index (χ2n) is 11.5. The molecule has 0 spiro atoms. The van der Waals surface area contributed by atoms with Crippen molar-refractivity contribution in [2.24, 2.45) is 0 Å². The van der Waals surface area contributed by atoms with Crippen LogP contribution in [0.15, 0.2) is 91.5 Å². The summed E-state index contributed by atoms with van der Waals surface area (Å²) in [6.45, 7) is 4.26. The molecule has 2 bridgehead atoms. The van der Waals surface area contributed by atoms with Gasteiger partial charge in [0.15, 0.2) is 0 Å². The Bertz CT molecular complexity index is 2140. The molecule has 0 unspecified atom stereocenters. The molecule has 194 valence electrons. The van der Waals surface area contributed by atoms with Crippen LogP contribution in [0.1, 0.15) is 51.2 Å². The van der Waals surface area contributed by atoms with Gasteiger partial charge >= 0.3 is 0 Å². The zero-order valence-electron chi connectivity index (χ0n) is 21.7. The summed E-state index contributed by atoms with van der Waals surface area (Å²) < 4.78 is 4.58. The average Bonchev–Trinajstić information content (AvgIpc) is 3.64. The number of carbonyl (C=O) groups is 2. The topological polar surface area (TPSA) is 67.5 Å². The second kappa shape index (κ2) is 7.29. The van der Waals surface area contributed by atoms with Crippen LogP contribution in [-0.2, 0) is 6.54 Å². The van der Waals surface area contributed by atoms with Crippen LogP contribution in [0, 0.1) is 0 Å². The highest BCUT2D eigenvalue weighted by Gasteiger charge is 2.51. The van der Waals surface area contributed by atoms with Crippen molar-refractivity contribution in [1.29, 1.82) is 0 Å². The molecule has 1 aliphatic carbocycles. The van der Waals surface area contributed by atoms with E-state index >= 15 is 0 Å². The van der Waals surface area contributed by atoms with Crippen LogP contribution >= 0.6 is 0 Å². The van der Waals surface area contributed by atoms with E-state index in [4.69, 9.17) is 0 Å². The molecule has 2 aromatic heterocycles. The van der Waals surface area contributed by atoms with Gasteiger partial charge in [0.2, 0.25) is 0 Å². The van der Waals surface area contributed by atoms with E-state index in [2.05, 4.69) is 33.9 Å². The molecule has 0 radical (unpaired) electrons. The Balaban J connectivity index is 1.50. The molecule has 4 heterocycles. The van der Waals surface area contributed by atoms with Gasteiger partial charge in [0.05, 0.1) is 34.7 Å². The predicted octanol–water partition coefficient (Wildman–Crippen LogP) is 6.51. The summed E-state index contributed by atoms with van der Waals surface area (Å²) in [5.74, 6) is -0.513. The summed E-state index contributed by atoms with van der Waals surface area (Å²) in [6, 6.07) is 25.7. The van der Waals surface area contributed by atoms with E-state index in [-0.39, 0.29) is 30.4 Å². The van der Waals surface area contributed by atoms with Crippen LogP contribution in [0.5, 0.6) is 0 Å². The van der Waals surface area contributed by atoms with E-state index in [0.717, 1.165) is 55.6 Å². The first-order chi connectivity index (χ1) is 19.5. The predicted molar refractivity (Wildman–Crippen MR) is 156 cm³/mol. The number of para-hydroxylation sites is 2. The molecular weight excluding hydrogens is 498 g/mol. The standard InChI is InChI=1S/C34H25N3O3/c1-2-34(40)17-20-16-25(34)37-24-15-9-7-13-22(24)27-29-28(32(38)35(33(29)39)18-19-10-4-3-5-11-19)26-21-12-6-8-14-23(21)36(20)30(26)31(27)37/h2-15,20,25,40H,1,16-18H2/t20-,25+,34-/m1/s1.